The average molecular weight is 421 g/mol. The first-order valence-corrected chi connectivity index (χ1v) is 10.2. The second-order valence-electron chi connectivity index (χ2n) is 7.06. The molecule has 0 saturated carbocycles. The average Bonchev–Trinajstić information content (AvgIpc) is 3.19. The fourth-order valence-corrected chi connectivity index (χ4v) is 3.57. The van der Waals surface area contributed by atoms with E-state index in [0.29, 0.717) is 41.6 Å². The van der Waals surface area contributed by atoms with E-state index in [2.05, 4.69) is 5.32 Å². The van der Waals surface area contributed by atoms with Gasteiger partial charge in [0.05, 0.1) is 0 Å². The number of benzene rings is 3. The molecule has 30 heavy (non-hydrogen) atoms. The first-order valence-electron chi connectivity index (χ1n) is 9.78. The lowest BCUT2D eigenvalue weighted by atomic mass is 10.2. The highest BCUT2D eigenvalue weighted by Crippen LogP contribution is 2.25. The molecule has 6 heteroatoms. The standard InChI is InChI=1S/C24H21ClN2O3/c25-22-11-2-1-6-18(22)16-30-21-10-3-7-17(14-21)24(29)26-19-8-4-9-20(15-19)27-13-5-12-23(27)28/h1-4,6-11,14-15H,5,12-13,16H2,(H,26,29). The summed E-state index contributed by atoms with van der Waals surface area (Å²) >= 11 is 6.16. The van der Waals surface area contributed by atoms with E-state index in [0.717, 1.165) is 17.7 Å². The minimum Gasteiger partial charge on any atom is -0.489 e. The van der Waals surface area contributed by atoms with Crippen molar-refractivity contribution < 1.29 is 14.3 Å². The molecule has 3 aromatic rings. The lowest BCUT2D eigenvalue weighted by molar-refractivity contribution is -0.117. The van der Waals surface area contributed by atoms with Gasteiger partial charge < -0.3 is 15.0 Å². The van der Waals surface area contributed by atoms with Crippen LogP contribution in [0.3, 0.4) is 0 Å². The molecule has 1 aliphatic rings. The van der Waals surface area contributed by atoms with Crippen molar-refractivity contribution in [1.29, 1.82) is 0 Å². The predicted molar refractivity (Wildman–Crippen MR) is 118 cm³/mol. The molecule has 152 valence electrons. The van der Waals surface area contributed by atoms with Gasteiger partial charge in [-0.1, -0.05) is 41.9 Å². The van der Waals surface area contributed by atoms with Crippen molar-refractivity contribution in [3.63, 3.8) is 0 Å². The van der Waals surface area contributed by atoms with E-state index < -0.39 is 0 Å². The van der Waals surface area contributed by atoms with Crippen LogP contribution in [-0.2, 0) is 11.4 Å². The second-order valence-corrected chi connectivity index (χ2v) is 7.47. The van der Waals surface area contributed by atoms with Gasteiger partial charge in [0, 0.05) is 40.5 Å². The minimum atomic E-state index is -0.247. The number of rotatable bonds is 6. The van der Waals surface area contributed by atoms with Crippen molar-refractivity contribution in [3.8, 4) is 5.75 Å². The van der Waals surface area contributed by atoms with Gasteiger partial charge in [0.15, 0.2) is 0 Å². The Morgan fingerprint density at radius 2 is 1.87 bits per heavy atom. The zero-order valence-electron chi connectivity index (χ0n) is 16.3. The first-order chi connectivity index (χ1) is 14.6. The van der Waals surface area contributed by atoms with Gasteiger partial charge in [-0.3, -0.25) is 9.59 Å². The summed E-state index contributed by atoms with van der Waals surface area (Å²) in [6, 6.07) is 21.8. The maximum absolute atomic E-state index is 12.7. The van der Waals surface area contributed by atoms with Crippen molar-refractivity contribution >= 4 is 34.8 Å². The molecule has 1 heterocycles. The van der Waals surface area contributed by atoms with E-state index in [1.54, 1.807) is 35.2 Å². The molecule has 0 aliphatic carbocycles. The van der Waals surface area contributed by atoms with Gasteiger partial charge >= 0.3 is 0 Å². The van der Waals surface area contributed by atoms with Gasteiger partial charge in [-0.2, -0.15) is 0 Å². The zero-order chi connectivity index (χ0) is 20.9. The molecule has 1 N–H and O–H groups in total. The van der Waals surface area contributed by atoms with Gasteiger partial charge in [0.25, 0.3) is 5.91 Å². The summed E-state index contributed by atoms with van der Waals surface area (Å²) in [7, 11) is 0. The highest BCUT2D eigenvalue weighted by atomic mass is 35.5. The molecular formula is C24H21ClN2O3. The maximum Gasteiger partial charge on any atom is 0.255 e. The van der Waals surface area contributed by atoms with Crippen molar-refractivity contribution in [2.24, 2.45) is 0 Å². The molecule has 0 spiro atoms. The summed E-state index contributed by atoms with van der Waals surface area (Å²) in [6.07, 6.45) is 1.42. The van der Waals surface area contributed by atoms with Crippen LogP contribution in [0.25, 0.3) is 0 Å². The zero-order valence-corrected chi connectivity index (χ0v) is 17.1. The highest BCUT2D eigenvalue weighted by molar-refractivity contribution is 6.31. The van der Waals surface area contributed by atoms with Crippen LogP contribution in [-0.4, -0.2) is 18.4 Å². The molecule has 5 nitrogen and oxygen atoms in total. The van der Waals surface area contributed by atoms with E-state index in [9.17, 15) is 9.59 Å². The number of hydrogen-bond donors (Lipinski definition) is 1. The second kappa shape index (κ2) is 9.01. The number of carbonyl (C=O) groups excluding carboxylic acids is 2. The van der Waals surface area contributed by atoms with Crippen LogP contribution < -0.4 is 15.0 Å². The largest absolute Gasteiger partial charge is 0.489 e. The lowest BCUT2D eigenvalue weighted by Crippen LogP contribution is -2.23. The van der Waals surface area contributed by atoms with Crippen LogP contribution in [0.15, 0.2) is 72.8 Å². The molecule has 0 unspecified atom stereocenters. The summed E-state index contributed by atoms with van der Waals surface area (Å²) in [4.78, 5) is 26.4. The number of hydrogen-bond acceptors (Lipinski definition) is 3. The van der Waals surface area contributed by atoms with Gasteiger partial charge in [-0.25, -0.2) is 0 Å². The molecule has 0 aromatic heterocycles. The van der Waals surface area contributed by atoms with Gasteiger partial charge in [0.1, 0.15) is 12.4 Å². The summed E-state index contributed by atoms with van der Waals surface area (Å²) in [5.41, 5.74) is 2.79. The fraction of sp³-hybridized carbons (Fsp3) is 0.167. The number of anilines is 2. The van der Waals surface area contributed by atoms with E-state index in [1.165, 1.54) is 0 Å². The van der Waals surface area contributed by atoms with Crippen molar-refractivity contribution in [1.82, 2.24) is 0 Å². The molecule has 1 aliphatic heterocycles. The Kier molecular flexibility index (Phi) is 6.00. The number of amides is 2. The molecule has 0 atom stereocenters. The van der Waals surface area contributed by atoms with Crippen molar-refractivity contribution in [3.05, 3.63) is 88.9 Å². The van der Waals surface area contributed by atoms with E-state index in [-0.39, 0.29) is 11.8 Å². The Labute approximate surface area is 180 Å². The van der Waals surface area contributed by atoms with E-state index in [4.69, 9.17) is 16.3 Å². The fourth-order valence-electron chi connectivity index (χ4n) is 3.38. The number of carbonyl (C=O) groups is 2. The van der Waals surface area contributed by atoms with Crippen LogP contribution >= 0.6 is 11.6 Å². The van der Waals surface area contributed by atoms with Crippen LogP contribution in [0.5, 0.6) is 5.75 Å². The Morgan fingerprint density at radius 1 is 1.03 bits per heavy atom. The van der Waals surface area contributed by atoms with Crippen molar-refractivity contribution in [2.45, 2.75) is 19.4 Å². The Morgan fingerprint density at radius 3 is 2.67 bits per heavy atom. The van der Waals surface area contributed by atoms with E-state index >= 15 is 0 Å². The number of nitrogens with zero attached hydrogens (tertiary/aromatic N) is 1. The van der Waals surface area contributed by atoms with Crippen LogP contribution in [0, 0.1) is 0 Å². The third-order valence-electron chi connectivity index (χ3n) is 4.94. The number of halogens is 1. The lowest BCUT2D eigenvalue weighted by Gasteiger charge is -2.17. The predicted octanol–water partition coefficient (Wildman–Crippen LogP) is 5.30. The van der Waals surface area contributed by atoms with Gasteiger partial charge in [0.2, 0.25) is 5.91 Å². The van der Waals surface area contributed by atoms with Gasteiger partial charge in [-0.05, 0) is 48.9 Å². The summed E-state index contributed by atoms with van der Waals surface area (Å²) in [6.45, 7) is 1.03. The Bertz CT molecular complexity index is 1080. The molecule has 0 radical (unpaired) electrons. The molecule has 3 aromatic carbocycles. The van der Waals surface area contributed by atoms with Crippen LogP contribution in [0.4, 0.5) is 11.4 Å². The van der Waals surface area contributed by atoms with Crippen LogP contribution in [0.2, 0.25) is 5.02 Å². The van der Waals surface area contributed by atoms with Crippen molar-refractivity contribution in [2.75, 3.05) is 16.8 Å². The maximum atomic E-state index is 12.7. The quantitative estimate of drug-likeness (QED) is 0.588. The molecular weight excluding hydrogens is 400 g/mol. The third-order valence-corrected chi connectivity index (χ3v) is 5.31. The summed E-state index contributed by atoms with van der Waals surface area (Å²) in [5.74, 6) is 0.448. The topological polar surface area (TPSA) is 58.6 Å². The molecule has 1 saturated heterocycles. The summed E-state index contributed by atoms with van der Waals surface area (Å²) < 4.78 is 5.80. The third kappa shape index (κ3) is 4.63. The minimum absolute atomic E-state index is 0.113. The number of nitrogens with one attached hydrogen (secondary N) is 1. The Hall–Kier alpha value is -3.31. The van der Waals surface area contributed by atoms with Gasteiger partial charge in [-0.15, -0.1) is 0 Å². The SMILES string of the molecule is O=C(Nc1cccc(N2CCCC2=O)c1)c1cccc(OCc2ccccc2Cl)c1. The molecule has 2 amide bonds. The monoisotopic (exact) mass is 420 g/mol. The molecule has 1 fully saturated rings. The highest BCUT2D eigenvalue weighted by Gasteiger charge is 2.21. The van der Waals surface area contributed by atoms with Crippen LogP contribution in [0.1, 0.15) is 28.8 Å². The van der Waals surface area contributed by atoms with E-state index in [1.807, 2.05) is 42.5 Å². The Balaban J connectivity index is 1.43. The molecule has 4 rings (SSSR count). The molecule has 0 bridgehead atoms. The first kappa shape index (κ1) is 20.0. The normalized spacial score (nSPS) is 13.4. The smallest absolute Gasteiger partial charge is 0.255 e. The number of ether oxygens (including phenoxy) is 1. The summed E-state index contributed by atoms with van der Waals surface area (Å²) in [5, 5.41) is 3.53.